The number of hydrogen-bond donors (Lipinski definition) is 1. The van der Waals surface area contributed by atoms with Gasteiger partial charge in [0.15, 0.2) is 0 Å². The molecular formula is C25H23ClF3N3O4S. The van der Waals surface area contributed by atoms with Gasteiger partial charge in [-0.3, -0.25) is 9.62 Å². The van der Waals surface area contributed by atoms with Crippen LogP contribution in [0.1, 0.15) is 17.5 Å². The van der Waals surface area contributed by atoms with Crippen LogP contribution in [0, 0.1) is 6.92 Å². The van der Waals surface area contributed by atoms with Gasteiger partial charge in [-0.15, -0.1) is 13.2 Å². The maximum Gasteiger partial charge on any atom is 0.573 e. The van der Waals surface area contributed by atoms with E-state index in [0.29, 0.717) is 35.8 Å². The number of sulfonamides is 1. The number of anilines is 2. The number of carbonyl (C=O) groups is 1. The number of amides is 2. The van der Waals surface area contributed by atoms with Crippen molar-refractivity contribution in [1.29, 1.82) is 0 Å². The summed E-state index contributed by atoms with van der Waals surface area (Å²) >= 11 is 5.87. The van der Waals surface area contributed by atoms with Crippen LogP contribution in [0.4, 0.5) is 29.3 Å². The molecule has 0 unspecified atom stereocenters. The van der Waals surface area contributed by atoms with Crippen LogP contribution in [0.5, 0.6) is 5.75 Å². The molecule has 1 saturated heterocycles. The SMILES string of the molecule is Cc1ccc(N2CCCN(Cc3cccc(OC(F)(F)F)c3)C2=O)c(NS(=O)(=O)c2ccc(Cl)cc2)c1. The predicted molar refractivity (Wildman–Crippen MR) is 134 cm³/mol. The van der Waals surface area contributed by atoms with Crippen LogP contribution in [-0.4, -0.2) is 38.8 Å². The number of hydrogen-bond acceptors (Lipinski definition) is 4. The standard InChI is InChI=1S/C25H23ClF3N3O4S/c1-17-6-11-23(22(14-17)30-37(34,35)21-9-7-19(26)8-10-21)32-13-3-12-31(24(32)33)16-18-4-2-5-20(15-18)36-25(27,28)29/h2,4-11,14-15,30H,3,12-13,16H2,1H3. The third-order valence-corrected chi connectivity index (χ3v) is 7.26. The zero-order chi connectivity index (χ0) is 26.8. The summed E-state index contributed by atoms with van der Waals surface area (Å²) in [5.74, 6) is -0.372. The predicted octanol–water partition coefficient (Wildman–Crippen LogP) is 6.18. The number of alkyl halides is 3. The lowest BCUT2D eigenvalue weighted by atomic mass is 10.1. The molecule has 2 amide bonds. The number of rotatable bonds is 7. The second-order valence-electron chi connectivity index (χ2n) is 8.48. The molecule has 0 atom stereocenters. The number of benzene rings is 3. The van der Waals surface area contributed by atoms with Crippen molar-refractivity contribution in [2.75, 3.05) is 22.7 Å². The zero-order valence-electron chi connectivity index (χ0n) is 19.6. The fourth-order valence-electron chi connectivity index (χ4n) is 4.00. The molecule has 0 radical (unpaired) electrons. The van der Waals surface area contributed by atoms with Gasteiger partial charge in [-0.2, -0.15) is 0 Å². The van der Waals surface area contributed by atoms with Crippen LogP contribution < -0.4 is 14.4 Å². The van der Waals surface area contributed by atoms with E-state index in [-0.39, 0.29) is 22.9 Å². The molecule has 3 aromatic carbocycles. The molecule has 1 fully saturated rings. The summed E-state index contributed by atoms with van der Waals surface area (Å²) in [5.41, 5.74) is 1.84. The Bertz CT molecular complexity index is 1400. The number of urea groups is 1. The van der Waals surface area contributed by atoms with Crippen molar-refractivity contribution in [3.05, 3.63) is 82.9 Å². The Hall–Kier alpha value is -3.44. The topological polar surface area (TPSA) is 79.0 Å². The van der Waals surface area contributed by atoms with E-state index in [1.807, 2.05) is 0 Å². The molecule has 4 rings (SSSR count). The average Bonchev–Trinajstić information content (AvgIpc) is 2.80. The molecule has 1 heterocycles. The monoisotopic (exact) mass is 553 g/mol. The molecule has 37 heavy (non-hydrogen) atoms. The number of nitrogens with one attached hydrogen (secondary N) is 1. The highest BCUT2D eigenvalue weighted by molar-refractivity contribution is 7.92. The van der Waals surface area contributed by atoms with Crippen molar-refractivity contribution < 1.29 is 31.1 Å². The minimum atomic E-state index is -4.82. The Labute approximate surface area is 217 Å². The fourth-order valence-corrected chi connectivity index (χ4v) is 5.19. The Balaban J connectivity index is 1.57. The van der Waals surface area contributed by atoms with Crippen molar-refractivity contribution in [1.82, 2.24) is 4.90 Å². The van der Waals surface area contributed by atoms with Gasteiger partial charge in [0.2, 0.25) is 0 Å². The number of aryl methyl sites for hydroxylation is 1. The summed E-state index contributed by atoms with van der Waals surface area (Å²) in [4.78, 5) is 16.4. The lowest BCUT2D eigenvalue weighted by Crippen LogP contribution is -2.49. The highest BCUT2D eigenvalue weighted by atomic mass is 35.5. The number of ether oxygens (including phenoxy) is 1. The Morgan fingerprint density at radius 2 is 1.76 bits per heavy atom. The smallest absolute Gasteiger partial charge is 0.406 e. The minimum absolute atomic E-state index is 0.0110. The largest absolute Gasteiger partial charge is 0.573 e. The summed E-state index contributed by atoms with van der Waals surface area (Å²) in [7, 11) is -3.97. The molecule has 0 spiro atoms. The van der Waals surface area contributed by atoms with Gasteiger partial charge >= 0.3 is 12.4 Å². The van der Waals surface area contributed by atoms with E-state index in [1.165, 1.54) is 52.3 Å². The Morgan fingerprint density at radius 3 is 2.46 bits per heavy atom. The van der Waals surface area contributed by atoms with E-state index >= 15 is 0 Å². The van der Waals surface area contributed by atoms with Crippen molar-refractivity contribution in [3.63, 3.8) is 0 Å². The fraction of sp³-hybridized carbons (Fsp3) is 0.240. The normalized spacial score (nSPS) is 14.6. The van der Waals surface area contributed by atoms with Gasteiger partial charge in [0, 0.05) is 24.7 Å². The first kappa shape index (κ1) is 26.6. The van der Waals surface area contributed by atoms with Gasteiger partial charge in [0.05, 0.1) is 16.3 Å². The zero-order valence-corrected chi connectivity index (χ0v) is 21.2. The molecule has 1 aliphatic rings. The van der Waals surface area contributed by atoms with Crippen molar-refractivity contribution in [2.24, 2.45) is 0 Å². The third kappa shape index (κ3) is 6.66. The second kappa shape index (κ2) is 10.5. The van der Waals surface area contributed by atoms with Crippen molar-refractivity contribution in [2.45, 2.75) is 31.1 Å². The van der Waals surface area contributed by atoms with Gasteiger partial charge in [-0.1, -0.05) is 29.8 Å². The first-order valence-corrected chi connectivity index (χ1v) is 13.1. The van der Waals surface area contributed by atoms with Gasteiger partial charge in [0.25, 0.3) is 10.0 Å². The van der Waals surface area contributed by atoms with Gasteiger partial charge in [-0.25, -0.2) is 13.2 Å². The molecule has 0 aromatic heterocycles. The molecule has 1 aliphatic heterocycles. The summed E-state index contributed by atoms with van der Waals surface area (Å²) in [6.07, 6.45) is -4.25. The summed E-state index contributed by atoms with van der Waals surface area (Å²) in [6.45, 7) is 2.58. The van der Waals surface area contributed by atoms with Crippen molar-refractivity contribution in [3.8, 4) is 5.75 Å². The number of halogens is 4. The van der Waals surface area contributed by atoms with Gasteiger partial charge < -0.3 is 9.64 Å². The Morgan fingerprint density at radius 1 is 1.03 bits per heavy atom. The van der Waals surface area contributed by atoms with E-state index in [9.17, 15) is 26.4 Å². The molecule has 7 nitrogen and oxygen atoms in total. The summed E-state index contributed by atoms with van der Waals surface area (Å²) in [5, 5.41) is 0.393. The molecular weight excluding hydrogens is 531 g/mol. The maximum absolute atomic E-state index is 13.4. The first-order chi connectivity index (χ1) is 17.4. The molecule has 0 bridgehead atoms. The summed E-state index contributed by atoms with van der Waals surface area (Å²) < 4.78 is 70.4. The van der Waals surface area contributed by atoms with E-state index in [4.69, 9.17) is 11.6 Å². The van der Waals surface area contributed by atoms with Crippen LogP contribution in [0.15, 0.2) is 71.6 Å². The molecule has 12 heteroatoms. The van der Waals surface area contributed by atoms with Crippen LogP contribution in [0.3, 0.4) is 0 Å². The Kier molecular flexibility index (Phi) is 7.56. The minimum Gasteiger partial charge on any atom is -0.406 e. The van der Waals surface area contributed by atoms with Crippen LogP contribution >= 0.6 is 11.6 Å². The quantitative estimate of drug-likeness (QED) is 0.379. The molecule has 0 aliphatic carbocycles. The van der Waals surface area contributed by atoms with E-state index in [1.54, 1.807) is 31.2 Å². The van der Waals surface area contributed by atoms with E-state index in [0.717, 1.165) is 5.56 Å². The van der Waals surface area contributed by atoms with Gasteiger partial charge in [-0.05, 0) is 73.0 Å². The molecule has 3 aromatic rings. The van der Waals surface area contributed by atoms with Crippen LogP contribution in [-0.2, 0) is 16.6 Å². The highest BCUT2D eigenvalue weighted by Crippen LogP contribution is 2.32. The van der Waals surface area contributed by atoms with E-state index < -0.39 is 22.4 Å². The maximum atomic E-state index is 13.4. The van der Waals surface area contributed by atoms with Gasteiger partial charge in [0.1, 0.15) is 5.75 Å². The van der Waals surface area contributed by atoms with Crippen LogP contribution in [0.2, 0.25) is 5.02 Å². The molecule has 196 valence electrons. The molecule has 0 saturated carbocycles. The van der Waals surface area contributed by atoms with E-state index in [2.05, 4.69) is 9.46 Å². The lowest BCUT2D eigenvalue weighted by Gasteiger charge is -2.36. The second-order valence-corrected chi connectivity index (χ2v) is 10.6. The number of carbonyl (C=O) groups excluding carboxylic acids is 1. The number of nitrogens with zero attached hydrogens (tertiary/aromatic N) is 2. The highest BCUT2D eigenvalue weighted by Gasteiger charge is 2.32. The van der Waals surface area contributed by atoms with Crippen LogP contribution in [0.25, 0.3) is 0 Å². The average molecular weight is 554 g/mol. The summed E-state index contributed by atoms with van der Waals surface area (Å²) in [6, 6.07) is 15.8. The van der Waals surface area contributed by atoms with Crippen molar-refractivity contribution >= 4 is 39.0 Å². The molecule has 1 N–H and O–H groups in total. The third-order valence-electron chi connectivity index (χ3n) is 5.63. The first-order valence-electron chi connectivity index (χ1n) is 11.2. The lowest BCUT2D eigenvalue weighted by molar-refractivity contribution is -0.274.